The molecule has 10 heteroatoms. The Bertz CT molecular complexity index is 1710. The van der Waals surface area contributed by atoms with Crippen molar-refractivity contribution in [2.45, 2.75) is 91.9 Å². The largest absolute Gasteiger partial charge is 0.370 e. The number of hydrogen-bond acceptors (Lipinski definition) is 9. The van der Waals surface area contributed by atoms with Crippen molar-refractivity contribution in [3.8, 4) is 12.1 Å². The number of azo groups is 2. The highest BCUT2D eigenvalue weighted by Gasteiger charge is 2.30. The molecule has 0 bridgehead atoms. The van der Waals surface area contributed by atoms with Crippen molar-refractivity contribution < 1.29 is 4.79 Å². The minimum Gasteiger partial charge on any atom is -0.370 e. The Kier molecular flexibility index (Phi) is 14.9. The highest BCUT2D eigenvalue weighted by atomic mass is 32.1. The van der Waals surface area contributed by atoms with Crippen molar-refractivity contribution in [1.82, 2.24) is 0 Å². The Morgan fingerprint density at radius 3 is 2.18 bits per heavy atom. The summed E-state index contributed by atoms with van der Waals surface area (Å²) in [7, 11) is 0. The molecule has 1 aliphatic heterocycles. The van der Waals surface area contributed by atoms with Gasteiger partial charge in [-0.3, -0.25) is 4.79 Å². The van der Waals surface area contributed by atoms with Crippen molar-refractivity contribution in [3.05, 3.63) is 71.8 Å². The lowest BCUT2D eigenvalue weighted by Crippen LogP contribution is -2.42. The lowest BCUT2D eigenvalue weighted by molar-refractivity contribution is -0.120. The van der Waals surface area contributed by atoms with E-state index >= 15 is 0 Å². The highest BCUT2D eigenvalue weighted by molar-refractivity contribution is 7.19. The van der Waals surface area contributed by atoms with Crippen LogP contribution in [0.2, 0.25) is 0 Å². The molecule has 262 valence electrons. The Hall–Kier alpha value is -4.67. The molecule has 0 saturated carbocycles. The number of nitriles is 2. The molecule has 2 heterocycles. The number of carbonyl (C=O) groups excluding carboxylic acids is 1. The van der Waals surface area contributed by atoms with E-state index in [2.05, 4.69) is 83.2 Å². The third kappa shape index (κ3) is 10.4. The molecule has 1 fully saturated rings. The maximum absolute atomic E-state index is 13.6. The second-order valence-corrected chi connectivity index (χ2v) is 14.1. The van der Waals surface area contributed by atoms with E-state index in [0.29, 0.717) is 50.0 Å². The van der Waals surface area contributed by atoms with Gasteiger partial charge in [0.15, 0.2) is 5.00 Å². The van der Waals surface area contributed by atoms with Gasteiger partial charge in [-0.05, 0) is 86.1 Å². The SMILES string of the molecule is C=C1C(CCCC)CN(c2ccc(/N=N/c3sc(N=Nc4ccc(C#N)cc4)cc3C#N)c(NC(=O)C(CC)CCCC)c2)CC1CCCC. The minimum atomic E-state index is -0.0925. The van der Waals surface area contributed by atoms with E-state index in [1.807, 2.05) is 12.1 Å². The van der Waals surface area contributed by atoms with Crippen LogP contribution in [-0.2, 0) is 4.79 Å². The molecular formula is C40H50N8OS. The number of nitrogens with zero attached hydrogens (tertiary/aromatic N) is 7. The van der Waals surface area contributed by atoms with E-state index < -0.39 is 0 Å². The van der Waals surface area contributed by atoms with Gasteiger partial charge in [-0.2, -0.15) is 10.5 Å². The molecule has 3 unspecified atom stereocenters. The smallest absolute Gasteiger partial charge is 0.227 e. The van der Waals surface area contributed by atoms with Crippen LogP contribution in [0.4, 0.5) is 32.8 Å². The molecule has 50 heavy (non-hydrogen) atoms. The lowest BCUT2D eigenvalue weighted by Gasteiger charge is -2.41. The average Bonchev–Trinajstić information content (AvgIpc) is 3.55. The molecule has 3 aromatic rings. The van der Waals surface area contributed by atoms with Gasteiger partial charge in [-0.1, -0.05) is 89.7 Å². The first kappa shape index (κ1) is 38.1. The normalized spacial score (nSPS) is 16.8. The number of hydrogen-bond donors (Lipinski definition) is 1. The van der Waals surface area contributed by atoms with Crippen LogP contribution in [0.3, 0.4) is 0 Å². The first-order valence-electron chi connectivity index (χ1n) is 18.1. The van der Waals surface area contributed by atoms with Crippen molar-refractivity contribution in [3.63, 3.8) is 0 Å². The number of rotatable bonds is 17. The Labute approximate surface area is 301 Å². The summed E-state index contributed by atoms with van der Waals surface area (Å²) >= 11 is 1.21. The molecule has 2 aromatic carbocycles. The Morgan fingerprint density at radius 2 is 1.58 bits per heavy atom. The van der Waals surface area contributed by atoms with E-state index in [1.54, 1.807) is 30.3 Å². The zero-order chi connectivity index (χ0) is 35.9. The van der Waals surface area contributed by atoms with Gasteiger partial charge < -0.3 is 10.2 Å². The maximum Gasteiger partial charge on any atom is 0.227 e. The van der Waals surface area contributed by atoms with Gasteiger partial charge in [-0.15, -0.1) is 20.5 Å². The third-order valence-electron chi connectivity index (χ3n) is 9.44. The number of unbranched alkanes of at least 4 members (excludes halogenated alkanes) is 3. The number of amides is 1. The molecule has 0 aliphatic carbocycles. The van der Waals surface area contributed by atoms with Crippen LogP contribution in [0, 0.1) is 40.4 Å². The van der Waals surface area contributed by atoms with Gasteiger partial charge in [0.05, 0.1) is 28.6 Å². The standard InChI is InChI=1S/C40H50N8OS/c1-6-10-13-30(9-4)39(49)43-37-23-35(48-26-31(14-11-7-2)28(5)32(27-48)15-12-8-3)20-21-36(37)45-47-40-33(25-42)22-38(50-40)46-44-34-18-16-29(24-41)17-19-34/h16-23,30-32H,5-15,26-27H2,1-4H3,(H,43,49)/b46-44?,47-45+. The predicted octanol–water partition coefficient (Wildman–Crippen LogP) is 12.5. The number of piperidine rings is 1. The van der Waals surface area contributed by atoms with E-state index in [9.17, 15) is 10.1 Å². The zero-order valence-electron chi connectivity index (χ0n) is 30.0. The van der Waals surface area contributed by atoms with E-state index in [0.717, 1.165) is 70.1 Å². The second kappa shape index (κ2) is 19.5. The van der Waals surface area contributed by atoms with Crippen molar-refractivity contribution >= 4 is 50.0 Å². The molecule has 1 saturated heterocycles. The molecule has 0 spiro atoms. The molecule has 1 amide bonds. The minimum absolute atomic E-state index is 0.0115. The molecule has 3 atom stereocenters. The molecule has 4 rings (SSSR count). The summed E-state index contributed by atoms with van der Waals surface area (Å²) < 4.78 is 0. The zero-order valence-corrected chi connectivity index (χ0v) is 30.8. The fourth-order valence-corrected chi connectivity index (χ4v) is 7.09. The predicted molar refractivity (Wildman–Crippen MR) is 204 cm³/mol. The summed E-state index contributed by atoms with van der Waals surface area (Å²) in [6, 6.07) is 18.7. The van der Waals surface area contributed by atoms with Gasteiger partial charge >= 0.3 is 0 Å². The van der Waals surface area contributed by atoms with Crippen LogP contribution >= 0.6 is 11.3 Å². The van der Waals surface area contributed by atoms with Crippen LogP contribution in [0.15, 0.2) is 81.1 Å². The Balaban J connectivity index is 1.65. The van der Waals surface area contributed by atoms with Crippen molar-refractivity contribution in [2.24, 2.45) is 38.2 Å². The number of carbonyl (C=O) groups is 1. The second-order valence-electron chi connectivity index (χ2n) is 13.1. The summed E-state index contributed by atoms with van der Waals surface area (Å²) in [5.41, 5.74) is 5.05. The van der Waals surface area contributed by atoms with Crippen LogP contribution in [0.1, 0.15) is 103 Å². The molecule has 1 N–H and O–H groups in total. The summed E-state index contributed by atoms with van der Waals surface area (Å²) in [4.78, 5) is 16.0. The third-order valence-corrected chi connectivity index (χ3v) is 10.3. The van der Waals surface area contributed by atoms with Crippen LogP contribution in [0.25, 0.3) is 0 Å². The maximum atomic E-state index is 13.6. The number of benzene rings is 2. The summed E-state index contributed by atoms with van der Waals surface area (Å²) in [5, 5.41) is 40.6. The highest BCUT2D eigenvalue weighted by Crippen LogP contribution is 2.41. The van der Waals surface area contributed by atoms with E-state index in [4.69, 9.17) is 5.26 Å². The number of thiophene rings is 1. The molecule has 1 aliphatic rings. The average molecular weight is 691 g/mol. The van der Waals surface area contributed by atoms with Crippen LogP contribution in [-0.4, -0.2) is 19.0 Å². The van der Waals surface area contributed by atoms with Crippen molar-refractivity contribution in [2.75, 3.05) is 23.3 Å². The number of anilines is 2. The van der Waals surface area contributed by atoms with Gasteiger partial charge in [0.2, 0.25) is 5.91 Å². The van der Waals surface area contributed by atoms with Crippen molar-refractivity contribution in [1.29, 1.82) is 10.5 Å². The fraction of sp³-hybridized carbons (Fsp3) is 0.475. The van der Waals surface area contributed by atoms with Crippen LogP contribution in [0.5, 0.6) is 0 Å². The van der Waals surface area contributed by atoms with Crippen LogP contribution < -0.4 is 10.2 Å². The summed E-state index contributed by atoms with van der Waals surface area (Å²) in [5.74, 6) is 0.772. The molecule has 9 nitrogen and oxygen atoms in total. The summed E-state index contributed by atoms with van der Waals surface area (Å²) in [6.45, 7) is 15.1. The van der Waals surface area contributed by atoms with Gasteiger partial charge in [0.25, 0.3) is 0 Å². The molecule has 0 radical (unpaired) electrons. The van der Waals surface area contributed by atoms with Gasteiger partial charge in [-0.25, -0.2) is 0 Å². The fourth-order valence-electron chi connectivity index (χ4n) is 6.33. The first-order valence-corrected chi connectivity index (χ1v) is 18.9. The quantitative estimate of drug-likeness (QED) is 0.112. The first-order chi connectivity index (χ1) is 24.3. The Morgan fingerprint density at radius 1 is 0.900 bits per heavy atom. The topological polar surface area (TPSA) is 129 Å². The monoisotopic (exact) mass is 690 g/mol. The van der Waals surface area contributed by atoms with Gasteiger partial charge in [0, 0.05) is 24.7 Å². The lowest BCUT2D eigenvalue weighted by atomic mass is 9.79. The van der Waals surface area contributed by atoms with Gasteiger partial charge in [0.1, 0.15) is 16.8 Å². The molecular weight excluding hydrogens is 641 g/mol. The number of nitrogens with one attached hydrogen (secondary N) is 1. The summed E-state index contributed by atoms with van der Waals surface area (Å²) in [6.07, 6.45) is 10.6. The van der Waals surface area contributed by atoms with E-state index in [-0.39, 0.29) is 11.8 Å². The molecule has 1 aromatic heterocycles. The van der Waals surface area contributed by atoms with E-state index in [1.165, 1.54) is 29.8 Å².